The summed E-state index contributed by atoms with van der Waals surface area (Å²) in [6.07, 6.45) is 4.91. The van der Waals surface area contributed by atoms with Crippen LogP contribution >= 0.6 is 11.6 Å². The molecule has 1 saturated heterocycles. The van der Waals surface area contributed by atoms with E-state index in [0.717, 1.165) is 11.4 Å². The van der Waals surface area contributed by atoms with Gasteiger partial charge in [0.25, 0.3) is 0 Å². The number of benzene rings is 1. The Morgan fingerprint density at radius 2 is 2.16 bits per heavy atom. The molecule has 0 bridgehead atoms. The lowest BCUT2D eigenvalue weighted by Gasteiger charge is -2.36. The lowest BCUT2D eigenvalue weighted by atomic mass is 9.97. The Kier molecular flexibility index (Phi) is 3.84. The van der Waals surface area contributed by atoms with Crippen molar-refractivity contribution in [2.45, 2.75) is 50.7 Å². The first-order valence-electron chi connectivity index (χ1n) is 7.38. The molecule has 1 N–H and O–H groups in total. The van der Waals surface area contributed by atoms with E-state index in [1.165, 1.54) is 36.9 Å². The van der Waals surface area contributed by atoms with Crippen LogP contribution in [0.4, 0.5) is 0 Å². The van der Waals surface area contributed by atoms with Gasteiger partial charge in [0.05, 0.1) is 0 Å². The van der Waals surface area contributed by atoms with Crippen molar-refractivity contribution in [2.75, 3.05) is 13.6 Å². The number of rotatable bonds is 2. The van der Waals surface area contributed by atoms with Crippen molar-refractivity contribution < 1.29 is 0 Å². The number of hydrogen-bond acceptors (Lipinski definition) is 2. The highest BCUT2D eigenvalue weighted by molar-refractivity contribution is 6.30. The first-order valence-corrected chi connectivity index (χ1v) is 7.76. The van der Waals surface area contributed by atoms with Crippen LogP contribution in [0.15, 0.2) is 18.2 Å². The summed E-state index contributed by atoms with van der Waals surface area (Å²) in [5.41, 5.74) is 2.90. The number of nitrogens with one attached hydrogen (secondary N) is 1. The first kappa shape index (κ1) is 13.4. The molecule has 1 aromatic rings. The summed E-state index contributed by atoms with van der Waals surface area (Å²) in [4.78, 5) is 2.46. The second-order valence-electron chi connectivity index (χ2n) is 6.15. The van der Waals surface area contributed by atoms with Gasteiger partial charge in [0, 0.05) is 23.1 Å². The highest BCUT2D eigenvalue weighted by atomic mass is 35.5. The van der Waals surface area contributed by atoms with Crippen LogP contribution in [-0.2, 0) is 6.42 Å². The van der Waals surface area contributed by atoms with Crippen molar-refractivity contribution >= 4 is 11.6 Å². The number of nitrogens with zero attached hydrogens (tertiary/aromatic N) is 1. The average molecular weight is 279 g/mol. The van der Waals surface area contributed by atoms with E-state index in [1.807, 2.05) is 6.07 Å². The Bertz CT molecular complexity index is 460. The summed E-state index contributed by atoms with van der Waals surface area (Å²) in [6.45, 7) is 3.54. The van der Waals surface area contributed by atoms with Gasteiger partial charge in [-0.25, -0.2) is 0 Å². The topological polar surface area (TPSA) is 15.3 Å². The van der Waals surface area contributed by atoms with Gasteiger partial charge in [-0.3, -0.25) is 0 Å². The average Bonchev–Trinajstić information content (AvgIpc) is 2.76. The summed E-state index contributed by atoms with van der Waals surface area (Å²) >= 11 is 6.07. The van der Waals surface area contributed by atoms with Gasteiger partial charge in [0.2, 0.25) is 0 Å². The SMILES string of the molecule is CC1CC(NC2CCc3cc(Cl)ccc32)CCN1C. The van der Waals surface area contributed by atoms with Crippen LogP contribution in [0.3, 0.4) is 0 Å². The molecule has 1 aliphatic carbocycles. The smallest absolute Gasteiger partial charge is 0.0408 e. The molecule has 1 fully saturated rings. The number of hydrogen-bond donors (Lipinski definition) is 1. The molecule has 0 amide bonds. The third-order valence-electron chi connectivity index (χ3n) is 4.83. The van der Waals surface area contributed by atoms with Crippen molar-refractivity contribution in [3.05, 3.63) is 34.3 Å². The number of aryl methyl sites for hydroxylation is 1. The van der Waals surface area contributed by atoms with E-state index >= 15 is 0 Å². The molecular formula is C16H23ClN2. The quantitative estimate of drug-likeness (QED) is 0.892. The number of halogens is 1. The Labute approximate surface area is 121 Å². The zero-order chi connectivity index (χ0) is 13.4. The van der Waals surface area contributed by atoms with Gasteiger partial charge in [-0.15, -0.1) is 0 Å². The van der Waals surface area contributed by atoms with Crippen molar-refractivity contribution in [3.63, 3.8) is 0 Å². The Balaban J connectivity index is 1.66. The van der Waals surface area contributed by atoms with Gasteiger partial charge >= 0.3 is 0 Å². The third kappa shape index (κ3) is 2.81. The van der Waals surface area contributed by atoms with E-state index in [0.29, 0.717) is 18.1 Å². The minimum Gasteiger partial charge on any atom is -0.307 e. The molecule has 104 valence electrons. The van der Waals surface area contributed by atoms with E-state index in [-0.39, 0.29) is 0 Å². The zero-order valence-electron chi connectivity index (χ0n) is 11.8. The maximum Gasteiger partial charge on any atom is 0.0408 e. The van der Waals surface area contributed by atoms with Gasteiger partial charge in [-0.2, -0.15) is 0 Å². The van der Waals surface area contributed by atoms with Gasteiger partial charge in [-0.05, 0) is 69.5 Å². The van der Waals surface area contributed by atoms with Crippen LogP contribution in [-0.4, -0.2) is 30.6 Å². The fraction of sp³-hybridized carbons (Fsp3) is 0.625. The van der Waals surface area contributed by atoms with E-state index in [4.69, 9.17) is 11.6 Å². The highest BCUT2D eigenvalue weighted by Crippen LogP contribution is 2.34. The molecule has 0 spiro atoms. The molecular weight excluding hydrogens is 256 g/mol. The number of fused-ring (bicyclic) bond motifs is 1. The monoisotopic (exact) mass is 278 g/mol. The third-order valence-corrected chi connectivity index (χ3v) is 5.06. The molecule has 1 aromatic carbocycles. The van der Waals surface area contributed by atoms with Crippen molar-refractivity contribution in [1.82, 2.24) is 10.2 Å². The van der Waals surface area contributed by atoms with E-state index in [1.54, 1.807) is 0 Å². The zero-order valence-corrected chi connectivity index (χ0v) is 12.6. The van der Waals surface area contributed by atoms with Crippen LogP contribution < -0.4 is 5.32 Å². The lowest BCUT2D eigenvalue weighted by molar-refractivity contribution is 0.162. The maximum absolute atomic E-state index is 6.07. The van der Waals surface area contributed by atoms with Crippen LogP contribution in [0.1, 0.15) is 43.4 Å². The number of likely N-dealkylation sites (tertiary alicyclic amines) is 1. The summed E-state index contributed by atoms with van der Waals surface area (Å²) in [5, 5.41) is 4.74. The van der Waals surface area contributed by atoms with E-state index in [2.05, 4.69) is 36.3 Å². The molecule has 3 unspecified atom stereocenters. The molecule has 2 aliphatic rings. The molecule has 3 atom stereocenters. The molecule has 0 radical (unpaired) electrons. The fourth-order valence-corrected chi connectivity index (χ4v) is 3.68. The molecule has 0 saturated carbocycles. The summed E-state index contributed by atoms with van der Waals surface area (Å²) in [6, 6.07) is 8.26. The highest BCUT2D eigenvalue weighted by Gasteiger charge is 2.28. The summed E-state index contributed by atoms with van der Waals surface area (Å²) < 4.78 is 0. The van der Waals surface area contributed by atoms with Crippen LogP contribution in [0.2, 0.25) is 5.02 Å². The van der Waals surface area contributed by atoms with Crippen molar-refractivity contribution in [1.29, 1.82) is 0 Å². The Morgan fingerprint density at radius 1 is 1.32 bits per heavy atom. The molecule has 19 heavy (non-hydrogen) atoms. The maximum atomic E-state index is 6.07. The normalized spacial score (nSPS) is 31.4. The van der Waals surface area contributed by atoms with Crippen LogP contribution in [0.25, 0.3) is 0 Å². The second-order valence-corrected chi connectivity index (χ2v) is 6.59. The molecule has 2 nitrogen and oxygen atoms in total. The summed E-state index contributed by atoms with van der Waals surface area (Å²) in [5.74, 6) is 0. The van der Waals surface area contributed by atoms with E-state index < -0.39 is 0 Å². The minimum absolute atomic E-state index is 0.535. The van der Waals surface area contributed by atoms with Crippen LogP contribution in [0, 0.1) is 0 Å². The van der Waals surface area contributed by atoms with Gasteiger partial charge < -0.3 is 10.2 Å². The molecule has 3 heteroatoms. The Morgan fingerprint density at radius 3 is 2.95 bits per heavy atom. The van der Waals surface area contributed by atoms with Gasteiger partial charge in [-0.1, -0.05) is 17.7 Å². The Hall–Kier alpha value is -0.570. The first-order chi connectivity index (χ1) is 9.13. The predicted molar refractivity (Wildman–Crippen MR) is 80.8 cm³/mol. The second kappa shape index (κ2) is 5.43. The summed E-state index contributed by atoms with van der Waals surface area (Å²) in [7, 11) is 2.23. The minimum atomic E-state index is 0.535. The van der Waals surface area contributed by atoms with Crippen molar-refractivity contribution in [3.8, 4) is 0 Å². The molecule has 3 rings (SSSR count). The molecule has 1 heterocycles. The molecule has 0 aromatic heterocycles. The fourth-order valence-electron chi connectivity index (χ4n) is 3.48. The predicted octanol–water partition coefficient (Wildman–Crippen LogP) is 3.40. The standard InChI is InChI=1S/C16H23ClN2/c1-11-9-14(7-8-19(11)2)18-16-6-3-12-10-13(17)4-5-15(12)16/h4-5,10-11,14,16,18H,3,6-9H2,1-2H3. The van der Waals surface area contributed by atoms with Gasteiger partial charge in [0.15, 0.2) is 0 Å². The number of piperidine rings is 1. The van der Waals surface area contributed by atoms with Gasteiger partial charge in [0.1, 0.15) is 0 Å². The van der Waals surface area contributed by atoms with E-state index in [9.17, 15) is 0 Å². The lowest BCUT2D eigenvalue weighted by Crippen LogP contribution is -2.46. The van der Waals surface area contributed by atoms with Crippen molar-refractivity contribution in [2.24, 2.45) is 0 Å². The molecule has 1 aliphatic heterocycles. The van der Waals surface area contributed by atoms with Crippen LogP contribution in [0.5, 0.6) is 0 Å². The largest absolute Gasteiger partial charge is 0.307 e.